The van der Waals surface area contributed by atoms with Crippen LogP contribution in [0.2, 0.25) is 0 Å². The molecule has 0 atom stereocenters. The van der Waals surface area contributed by atoms with E-state index in [0.29, 0.717) is 5.56 Å². The topological polar surface area (TPSA) is 66.5 Å². The van der Waals surface area contributed by atoms with Crippen LogP contribution >= 0.6 is 0 Å². The number of carbonyl (C=O) groups is 1. The summed E-state index contributed by atoms with van der Waals surface area (Å²) in [6, 6.07) is 6.07. The van der Waals surface area contributed by atoms with Gasteiger partial charge >= 0.3 is 0 Å². The Morgan fingerprint density at radius 1 is 1.32 bits per heavy atom. The van der Waals surface area contributed by atoms with E-state index in [1.54, 1.807) is 18.2 Å². The van der Waals surface area contributed by atoms with E-state index in [9.17, 15) is 17.6 Å². The molecule has 122 valence electrons. The van der Waals surface area contributed by atoms with Gasteiger partial charge in [0, 0.05) is 18.2 Å². The zero-order chi connectivity index (χ0) is 16.2. The molecule has 0 aromatic heterocycles. The fraction of sp³-hybridized carbons (Fsp3) is 0.533. The van der Waals surface area contributed by atoms with Crippen LogP contribution in [0.4, 0.5) is 4.39 Å². The third-order valence-electron chi connectivity index (χ3n) is 3.89. The summed E-state index contributed by atoms with van der Waals surface area (Å²) in [5.41, 5.74) is 0.377. The first-order chi connectivity index (χ1) is 10.4. The van der Waals surface area contributed by atoms with Crippen LogP contribution in [0.3, 0.4) is 0 Å². The summed E-state index contributed by atoms with van der Waals surface area (Å²) in [6.07, 6.45) is 4.65. The van der Waals surface area contributed by atoms with E-state index in [4.69, 9.17) is 0 Å². The van der Waals surface area contributed by atoms with Crippen molar-refractivity contribution in [3.8, 4) is 0 Å². The molecule has 1 aromatic carbocycles. The number of benzene rings is 1. The highest BCUT2D eigenvalue weighted by Gasteiger charge is 2.30. The van der Waals surface area contributed by atoms with Crippen molar-refractivity contribution in [2.24, 2.45) is 0 Å². The van der Waals surface area contributed by atoms with Gasteiger partial charge in [0.2, 0.25) is 15.9 Å². The van der Waals surface area contributed by atoms with E-state index in [2.05, 4.69) is 5.32 Å². The molecule has 2 rings (SSSR count). The molecule has 0 spiro atoms. The highest BCUT2D eigenvalue weighted by atomic mass is 32.2. The molecule has 1 aliphatic rings. The van der Waals surface area contributed by atoms with Gasteiger partial charge in [0.05, 0.1) is 12.8 Å². The molecule has 1 saturated carbocycles. The minimum atomic E-state index is -3.44. The monoisotopic (exact) mass is 328 g/mol. The summed E-state index contributed by atoms with van der Waals surface area (Å²) < 4.78 is 38.5. The van der Waals surface area contributed by atoms with Gasteiger partial charge in [-0.05, 0) is 18.9 Å². The predicted octanol–water partition coefficient (Wildman–Crippen LogP) is 1.65. The number of halogens is 1. The maximum Gasteiger partial charge on any atom is 0.235 e. The lowest BCUT2D eigenvalue weighted by molar-refractivity contribution is -0.121. The molecule has 1 fully saturated rings. The summed E-state index contributed by atoms with van der Waals surface area (Å²) in [4.78, 5) is 12.0. The SMILES string of the molecule is CS(=O)(=O)N(CC(=O)NCc1ccccc1F)C1CCCC1. The summed E-state index contributed by atoms with van der Waals surface area (Å²) in [7, 11) is -3.44. The lowest BCUT2D eigenvalue weighted by Gasteiger charge is -2.25. The Morgan fingerprint density at radius 3 is 2.55 bits per heavy atom. The third-order valence-corrected chi connectivity index (χ3v) is 5.17. The van der Waals surface area contributed by atoms with Crippen LogP contribution < -0.4 is 5.32 Å². The summed E-state index contributed by atoms with van der Waals surface area (Å²) in [5, 5.41) is 2.58. The van der Waals surface area contributed by atoms with Gasteiger partial charge < -0.3 is 5.32 Å². The molecule has 0 unspecified atom stereocenters. The molecule has 0 aliphatic heterocycles. The minimum absolute atomic E-state index is 0.0494. The van der Waals surface area contributed by atoms with Gasteiger partial charge in [-0.15, -0.1) is 0 Å². The van der Waals surface area contributed by atoms with Crippen LogP contribution in [-0.2, 0) is 21.4 Å². The second-order valence-corrected chi connectivity index (χ2v) is 7.55. The Hall–Kier alpha value is -1.47. The Bertz CT molecular complexity index is 627. The number of sulfonamides is 1. The molecule has 1 aromatic rings. The van der Waals surface area contributed by atoms with Crippen molar-refractivity contribution >= 4 is 15.9 Å². The highest BCUT2D eigenvalue weighted by molar-refractivity contribution is 7.88. The van der Waals surface area contributed by atoms with Gasteiger partial charge in [-0.2, -0.15) is 4.31 Å². The second-order valence-electron chi connectivity index (χ2n) is 5.61. The first-order valence-corrected chi connectivity index (χ1v) is 9.19. The van der Waals surface area contributed by atoms with Crippen LogP contribution in [-0.4, -0.2) is 37.5 Å². The van der Waals surface area contributed by atoms with Crippen LogP contribution in [0.5, 0.6) is 0 Å². The van der Waals surface area contributed by atoms with E-state index in [0.717, 1.165) is 31.9 Å². The molecule has 1 aliphatic carbocycles. The summed E-state index contributed by atoms with van der Waals surface area (Å²) >= 11 is 0. The van der Waals surface area contributed by atoms with E-state index in [1.807, 2.05) is 0 Å². The van der Waals surface area contributed by atoms with Crippen molar-refractivity contribution < 1.29 is 17.6 Å². The number of hydrogen-bond donors (Lipinski definition) is 1. The zero-order valence-electron chi connectivity index (χ0n) is 12.6. The maximum atomic E-state index is 13.5. The van der Waals surface area contributed by atoms with Crippen LogP contribution in [0, 0.1) is 5.82 Å². The Morgan fingerprint density at radius 2 is 1.95 bits per heavy atom. The van der Waals surface area contributed by atoms with Crippen LogP contribution in [0.1, 0.15) is 31.2 Å². The molecule has 0 radical (unpaired) electrons. The fourth-order valence-corrected chi connectivity index (χ4v) is 3.85. The van der Waals surface area contributed by atoms with Crippen molar-refractivity contribution in [1.29, 1.82) is 0 Å². The van der Waals surface area contributed by atoms with Crippen molar-refractivity contribution in [3.63, 3.8) is 0 Å². The molecule has 0 saturated heterocycles. The minimum Gasteiger partial charge on any atom is -0.351 e. The molecule has 1 N–H and O–H groups in total. The van der Waals surface area contributed by atoms with Gasteiger partial charge in [-0.25, -0.2) is 12.8 Å². The highest BCUT2D eigenvalue weighted by Crippen LogP contribution is 2.25. The number of nitrogens with zero attached hydrogens (tertiary/aromatic N) is 1. The van der Waals surface area contributed by atoms with Crippen molar-refractivity contribution in [1.82, 2.24) is 9.62 Å². The second kappa shape index (κ2) is 7.19. The first-order valence-electron chi connectivity index (χ1n) is 7.35. The van der Waals surface area contributed by atoms with Gasteiger partial charge in [0.15, 0.2) is 0 Å². The van der Waals surface area contributed by atoms with E-state index in [-0.39, 0.29) is 19.1 Å². The molecule has 5 nitrogen and oxygen atoms in total. The number of hydrogen-bond acceptors (Lipinski definition) is 3. The van der Waals surface area contributed by atoms with Crippen LogP contribution in [0.15, 0.2) is 24.3 Å². The zero-order valence-corrected chi connectivity index (χ0v) is 13.4. The lowest BCUT2D eigenvalue weighted by atomic mass is 10.2. The molecule has 1 amide bonds. The summed E-state index contributed by atoms with van der Waals surface area (Å²) in [5.74, 6) is -0.806. The Labute approximate surface area is 130 Å². The quantitative estimate of drug-likeness (QED) is 0.863. The summed E-state index contributed by atoms with van der Waals surface area (Å²) in [6.45, 7) is -0.161. The number of amides is 1. The van der Waals surface area contributed by atoms with E-state index in [1.165, 1.54) is 10.4 Å². The molecule has 22 heavy (non-hydrogen) atoms. The normalized spacial score (nSPS) is 16.1. The fourth-order valence-electron chi connectivity index (χ4n) is 2.74. The maximum absolute atomic E-state index is 13.5. The van der Waals surface area contributed by atoms with Crippen molar-refractivity contribution in [2.45, 2.75) is 38.3 Å². The van der Waals surface area contributed by atoms with Gasteiger partial charge in [-0.1, -0.05) is 31.0 Å². The molecular weight excluding hydrogens is 307 g/mol. The van der Waals surface area contributed by atoms with E-state index >= 15 is 0 Å². The van der Waals surface area contributed by atoms with E-state index < -0.39 is 21.7 Å². The standard InChI is InChI=1S/C15H21FN2O3S/c1-22(20,21)18(13-7-3-4-8-13)11-15(19)17-10-12-6-2-5-9-14(12)16/h2,5-6,9,13H,3-4,7-8,10-11H2,1H3,(H,17,19). The van der Waals surface area contributed by atoms with Gasteiger partial charge in [0.25, 0.3) is 0 Å². The average molecular weight is 328 g/mol. The molecular formula is C15H21FN2O3S. The molecule has 7 heteroatoms. The van der Waals surface area contributed by atoms with Gasteiger partial charge in [-0.3, -0.25) is 4.79 Å². The van der Waals surface area contributed by atoms with Crippen molar-refractivity contribution in [2.75, 3.05) is 12.8 Å². The first kappa shape index (κ1) is 16.9. The number of rotatable bonds is 6. The molecule has 0 heterocycles. The Balaban J connectivity index is 1.95. The predicted molar refractivity (Wildman–Crippen MR) is 82.1 cm³/mol. The lowest BCUT2D eigenvalue weighted by Crippen LogP contribution is -2.44. The average Bonchev–Trinajstić information content (AvgIpc) is 2.96. The van der Waals surface area contributed by atoms with Crippen LogP contribution in [0.25, 0.3) is 0 Å². The largest absolute Gasteiger partial charge is 0.351 e. The number of carbonyl (C=O) groups excluding carboxylic acids is 1. The third kappa shape index (κ3) is 4.51. The molecule has 0 bridgehead atoms. The van der Waals surface area contributed by atoms with Gasteiger partial charge in [0.1, 0.15) is 5.82 Å². The Kier molecular flexibility index (Phi) is 5.52. The number of nitrogens with one attached hydrogen (secondary N) is 1. The van der Waals surface area contributed by atoms with Crippen molar-refractivity contribution in [3.05, 3.63) is 35.6 Å². The smallest absolute Gasteiger partial charge is 0.235 e.